The number of carbonyl (C=O) groups is 2. The van der Waals surface area contributed by atoms with E-state index in [-0.39, 0.29) is 29.3 Å². The molecule has 0 bridgehead atoms. The van der Waals surface area contributed by atoms with E-state index in [1.54, 1.807) is 19.2 Å². The van der Waals surface area contributed by atoms with Crippen molar-refractivity contribution in [3.63, 3.8) is 0 Å². The number of esters is 1. The van der Waals surface area contributed by atoms with Crippen LogP contribution in [0.1, 0.15) is 47.2 Å². The molecule has 0 saturated carbocycles. The van der Waals surface area contributed by atoms with Crippen molar-refractivity contribution in [1.82, 2.24) is 14.6 Å². The van der Waals surface area contributed by atoms with E-state index in [1.165, 1.54) is 22.5 Å². The number of hydrogen-bond donors (Lipinski definition) is 4. The fourth-order valence-corrected chi connectivity index (χ4v) is 6.29. The molecule has 1 aliphatic rings. The van der Waals surface area contributed by atoms with Gasteiger partial charge >= 0.3 is 12.1 Å². The molecule has 234 valence electrons. The molecular formula is C28H32F4N4O6S. The second-order valence-electron chi connectivity index (χ2n) is 10.3. The van der Waals surface area contributed by atoms with Crippen LogP contribution in [0.2, 0.25) is 0 Å². The third kappa shape index (κ3) is 7.34. The van der Waals surface area contributed by atoms with Gasteiger partial charge in [-0.1, -0.05) is 6.07 Å². The maximum atomic E-state index is 14.7. The van der Waals surface area contributed by atoms with Crippen LogP contribution >= 0.6 is 0 Å². The summed E-state index contributed by atoms with van der Waals surface area (Å²) in [6.07, 6.45) is -2.23. The van der Waals surface area contributed by atoms with Crippen LogP contribution in [0.3, 0.4) is 0 Å². The molecule has 3 aromatic rings. The highest BCUT2D eigenvalue weighted by Crippen LogP contribution is 2.37. The summed E-state index contributed by atoms with van der Waals surface area (Å²) in [7, 11) is -3.30. The van der Waals surface area contributed by atoms with E-state index in [9.17, 15) is 40.7 Å². The lowest BCUT2D eigenvalue weighted by molar-refractivity contribution is -0.200. The van der Waals surface area contributed by atoms with E-state index in [4.69, 9.17) is 5.73 Å². The van der Waals surface area contributed by atoms with Gasteiger partial charge < -0.3 is 25.9 Å². The van der Waals surface area contributed by atoms with Crippen LogP contribution in [-0.4, -0.2) is 79.0 Å². The summed E-state index contributed by atoms with van der Waals surface area (Å²) < 4.78 is 82.2. The third-order valence-electron chi connectivity index (χ3n) is 7.57. The van der Waals surface area contributed by atoms with Crippen LogP contribution in [0.25, 0.3) is 22.0 Å². The number of sulfonamides is 1. The lowest BCUT2D eigenvalue weighted by Crippen LogP contribution is -2.39. The van der Waals surface area contributed by atoms with Crippen LogP contribution in [0.5, 0.6) is 0 Å². The molecule has 0 aliphatic carbocycles. The Hall–Kier alpha value is -3.53. The zero-order valence-corrected chi connectivity index (χ0v) is 24.0. The first-order valence-electron chi connectivity index (χ1n) is 13.5. The molecule has 4 rings (SSSR count). The molecular weight excluding hydrogens is 596 g/mol. The van der Waals surface area contributed by atoms with Crippen molar-refractivity contribution >= 4 is 32.8 Å². The van der Waals surface area contributed by atoms with E-state index >= 15 is 0 Å². The molecule has 2 aromatic carbocycles. The van der Waals surface area contributed by atoms with Gasteiger partial charge in [0.15, 0.2) is 0 Å². The molecule has 1 fully saturated rings. The Labute approximate surface area is 245 Å². The predicted molar refractivity (Wildman–Crippen MR) is 150 cm³/mol. The Morgan fingerprint density at radius 1 is 1.19 bits per heavy atom. The molecule has 1 amide bonds. The summed E-state index contributed by atoms with van der Waals surface area (Å²) in [4.78, 5) is 26.5. The van der Waals surface area contributed by atoms with Crippen molar-refractivity contribution in [2.75, 3.05) is 32.1 Å². The molecule has 10 nitrogen and oxygen atoms in total. The van der Waals surface area contributed by atoms with Crippen molar-refractivity contribution in [1.29, 1.82) is 0 Å². The Bertz CT molecular complexity index is 1600. The molecule has 2 heterocycles. The smallest absolute Gasteiger partial charge is 0.457 e. The Balaban J connectivity index is 1.59. The van der Waals surface area contributed by atoms with E-state index in [0.29, 0.717) is 42.6 Å². The van der Waals surface area contributed by atoms with Gasteiger partial charge in [-0.2, -0.15) is 13.2 Å². The monoisotopic (exact) mass is 628 g/mol. The van der Waals surface area contributed by atoms with Crippen LogP contribution in [0, 0.1) is 5.82 Å². The largest absolute Gasteiger partial charge is 0.490 e. The summed E-state index contributed by atoms with van der Waals surface area (Å²) >= 11 is 0. The van der Waals surface area contributed by atoms with Crippen molar-refractivity contribution < 1.29 is 45.4 Å². The number of nitrogens with one attached hydrogen (secondary N) is 2. The van der Waals surface area contributed by atoms with Crippen molar-refractivity contribution in [3.8, 4) is 11.1 Å². The highest BCUT2D eigenvalue weighted by Gasteiger charge is 2.41. The number of aromatic nitrogens is 1. The molecule has 1 aromatic heterocycles. The van der Waals surface area contributed by atoms with Crippen molar-refractivity contribution in [2.24, 2.45) is 5.73 Å². The number of rotatable bonds is 11. The van der Waals surface area contributed by atoms with Gasteiger partial charge in [-0.15, -0.1) is 0 Å². The fraction of sp³-hybridized carbons (Fsp3) is 0.429. The molecule has 1 unspecified atom stereocenters. The topological polar surface area (TPSA) is 155 Å². The summed E-state index contributed by atoms with van der Waals surface area (Å²) in [5.41, 5.74) is 8.50. The number of piperidine rings is 1. The van der Waals surface area contributed by atoms with Gasteiger partial charge in [0, 0.05) is 36.8 Å². The predicted octanol–water partition coefficient (Wildman–Crippen LogP) is 3.16. The summed E-state index contributed by atoms with van der Waals surface area (Å²) in [5.74, 6) is -3.68. The van der Waals surface area contributed by atoms with Crippen LogP contribution in [-0.2, 0) is 26.1 Å². The minimum atomic E-state index is -5.18. The average Bonchev–Trinajstić information content (AvgIpc) is 3.40. The number of nitrogens with zero attached hydrogens (tertiary/aromatic N) is 1. The van der Waals surface area contributed by atoms with E-state index < -0.39 is 53.1 Å². The van der Waals surface area contributed by atoms with Crippen LogP contribution < -0.4 is 11.1 Å². The quantitative estimate of drug-likeness (QED) is 0.188. The number of ether oxygens (including phenoxy) is 1. The SMILES string of the molecule is CCS(=O)(=O)N1CCC(c2c[nH]c3c(C(N)=O)cc(-c4ccc(F)c(CNC(CO)COC(=O)C(F)(F)F)c4)cc23)CC1. The van der Waals surface area contributed by atoms with Gasteiger partial charge in [-0.05, 0) is 66.6 Å². The van der Waals surface area contributed by atoms with Gasteiger partial charge in [0.25, 0.3) is 5.91 Å². The van der Waals surface area contributed by atoms with E-state index in [0.717, 1.165) is 10.9 Å². The number of primary amides is 1. The number of benzene rings is 2. The molecule has 1 saturated heterocycles. The van der Waals surface area contributed by atoms with E-state index in [2.05, 4.69) is 15.0 Å². The Morgan fingerprint density at radius 3 is 2.49 bits per heavy atom. The number of H-pyrrole nitrogens is 1. The first-order chi connectivity index (χ1) is 20.2. The first kappa shape index (κ1) is 32.4. The first-order valence-corrected chi connectivity index (χ1v) is 15.2. The average molecular weight is 629 g/mol. The molecule has 0 radical (unpaired) electrons. The van der Waals surface area contributed by atoms with Crippen LogP contribution in [0.15, 0.2) is 36.5 Å². The molecule has 5 N–H and O–H groups in total. The highest BCUT2D eigenvalue weighted by molar-refractivity contribution is 7.89. The Morgan fingerprint density at radius 2 is 1.88 bits per heavy atom. The minimum absolute atomic E-state index is 0.0165. The van der Waals surface area contributed by atoms with Crippen molar-refractivity contribution in [3.05, 3.63) is 59.0 Å². The molecule has 1 aliphatic heterocycles. The van der Waals surface area contributed by atoms with Crippen LogP contribution in [0.4, 0.5) is 17.6 Å². The van der Waals surface area contributed by atoms with Gasteiger partial charge in [0.1, 0.15) is 12.4 Å². The minimum Gasteiger partial charge on any atom is -0.457 e. The zero-order chi connectivity index (χ0) is 31.5. The lowest BCUT2D eigenvalue weighted by atomic mass is 9.88. The summed E-state index contributed by atoms with van der Waals surface area (Å²) in [6, 6.07) is 6.50. The highest BCUT2D eigenvalue weighted by atomic mass is 32.2. The second-order valence-corrected chi connectivity index (χ2v) is 12.5. The number of aromatic amines is 1. The number of fused-ring (bicyclic) bond motifs is 1. The number of aliphatic hydroxyl groups is 1. The number of hydrogen-bond acceptors (Lipinski definition) is 7. The normalized spacial score (nSPS) is 16.0. The number of carbonyl (C=O) groups excluding carboxylic acids is 2. The summed E-state index contributed by atoms with van der Waals surface area (Å²) in [5, 5.41) is 12.9. The number of amides is 1. The van der Waals surface area contributed by atoms with Gasteiger partial charge in [0.05, 0.1) is 29.5 Å². The molecule has 15 heteroatoms. The zero-order valence-electron chi connectivity index (χ0n) is 23.2. The standard InChI is InChI=1S/C28H32F4N4O6S/c1-2-43(40,41)36-7-5-16(6-8-36)23-13-35-25-21(23)10-18(11-22(25)26(33)38)17-3-4-24(29)19(9-17)12-34-20(14-37)15-42-27(39)28(30,31)32/h3-4,9-11,13,16,20,34-35,37H,2,5-8,12,14-15H2,1H3,(H2,33,38). The molecule has 43 heavy (non-hydrogen) atoms. The fourth-order valence-electron chi connectivity index (χ4n) is 5.16. The Kier molecular flexibility index (Phi) is 9.79. The van der Waals surface area contributed by atoms with Gasteiger partial charge in [-0.3, -0.25) is 4.79 Å². The maximum Gasteiger partial charge on any atom is 0.490 e. The number of halogens is 4. The lowest BCUT2D eigenvalue weighted by Gasteiger charge is -2.31. The van der Waals surface area contributed by atoms with Gasteiger partial charge in [-0.25, -0.2) is 21.9 Å². The number of nitrogens with two attached hydrogens (primary N) is 1. The maximum absolute atomic E-state index is 14.7. The summed E-state index contributed by atoms with van der Waals surface area (Å²) in [6.45, 7) is 0.668. The van der Waals surface area contributed by atoms with Crippen molar-refractivity contribution in [2.45, 2.75) is 44.4 Å². The molecule has 1 atom stereocenters. The number of aliphatic hydroxyl groups excluding tert-OH is 1. The van der Waals surface area contributed by atoms with E-state index in [1.807, 2.05) is 6.07 Å². The second kappa shape index (κ2) is 13.0. The molecule has 0 spiro atoms. The van der Waals surface area contributed by atoms with Gasteiger partial charge in [0.2, 0.25) is 10.0 Å². The third-order valence-corrected chi connectivity index (χ3v) is 9.45. The number of alkyl halides is 3.